The van der Waals surface area contributed by atoms with Crippen LogP contribution in [0.5, 0.6) is 5.75 Å². The van der Waals surface area contributed by atoms with Crippen LogP contribution in [0.15, 0.2) is 24.3 Å². The fourth-order valence-corrected chi connectivity index (χ4v) is 4.24. The molecule has 0 N–H and O–H groups in total. The molecule has 0 spiro atoms. The maximum Gasteiger partial charge on any atom is 0.230 e. The van der Waals surface area contributed by atoms with Gasteiger partial charge in [-0.05, 0) is 43.9 Å². The Balaban J connectivity index is 1.62. The molecule has 2 heterocycles. The number of rotatable bonds is 5. The number of ether oxygens (including phenoxy) is 2. The number of methoxy groups -OCH3 is 1. The Hall–Kier alpha value is -1.59. The number of carbonyl (C=O) groups excluding carboxylic acids is 1. The fraction of sp³-hybridized carbons (Fsp3) is 0.667. The first-order valence-corrected chi connectivity index (χ1v) is 9.83. The molecule has 0 radical (unpaired) electrons. The van der Waals surface area contributed by atoms with Crippen LogP contribution in [0.1, 0.15) is 44.6 Å². The van der Waals surface area contributed by atoms with Crippen LogP contribution in [-0.2, 0) is 9.53 Å². The van der Waals surface area contributed by atoms with E-state index in [1.54, 1.807) is 7.11 Å². The van der Waals surface area contributed by atoms with Crippen LogP contribution in [0.2, 0.25) is 0 Å². The molecule has 0 saturated carbocycles. The summed E-state index contributed by atoms with van der Waals surface area (Å²) in [5, 5.41) is 0. The third kappa shape index (κ3) is 4.04. The van der Waals surface area contributed by atoms with E-state index in [0.29, 0.717) is 0 Å². The van der Waals surface area contributed by atoms with E-state index in [-0.39, 0.29) is 17.4 Å². The molecular weight excluding hydrogens is 328 g/mol. The van der Waals surface area contributed by atoms with Gasteiger partial charge in [0, 0.05) is 31.7 Å². The van der Waals surface area contributed by atoms with Crippen molar-refractivity contribution in [3.63, 3.8) is 0 Å². The van der Waals surface area contributed by atoms with E-state index < -0.39 is 0 Å². The second-order valence-electron chi connectivity index (χ2n) is 7.66. The number of amides is 1. The van der Waals surface area contributed by atoms with Gasteiger partial charge in [-0.1, -0.05) is 19.1 Å². The predicted octanol–water partition coefficient (Wildman–Crippen LogP) is 2.90. The number of benzene rings is 1. The molecule has 0 bridgehead atoms. The molecule has 1 unspecified atom stereocenters. The summed E-state index contributed by atoms with van der Waals surface area (Å²) in [5.41, 5.74) is 1.28. The standard InChI is InChI=1S/C21H32N2O3/c1-4-19(17-5-7-18(25-3)8-6-17)20(24)22-11-9-21(2,10-12-22)23-13-15-26-16-14-23/h5-8,19H,4,9-16H2,1-3H3. The van der Waals surface area contributed by atoms with E-state index in [1.807, 2.05) is 24.3 Å². The summed E-state index contributed by atoms with van der Waals surface area (Å²) >= 11 is 0. The largest absolute Gasteiger partial charge is 0.497 e. The zero-order chi connectivity index (χ0) is 18.6. The summed E-state index contributed by atoms with van der Waals surface area (Å²) in [4.78, 5) is 17.8. The summed E-state index contributed by atoms with van der Waals surface area (Å²) in [6.07, 6.45) is 2.90. The first kappa shape index (κ1) is 19.2. The molecule has 0 aromatic heterocycles. The van der Waals surface area contributed by atoms with E-state index in [4.69, 9.17) is 9.47 Å². The van der Waals surface area contributed by atoms with Gasteiger partial charge in [0.2, 0.25) is 5.91 Å². The van der Waals surface area contributed by atoms with Crippen LogP contribution in [0.25, 0.3) is 0 Å². The summed E-state index contributed by atoms with van der Waals surface area (Å²) in [6, 6.07) is 7.92. The lowest BCUT2D eigenvalue weighted by molar-refractivity contribution is -0.136. The zero-order valence-electron chi connectivity index (χ0n) is 16.4. The van der Waals surface area contributed by atoms with Gasteiger partial charge in [-0.2, -0.15) is 0 Å². The number of nitrogens with zero attached hydrogens (tertiary/aromatic N) is 2. The quantitative estimate of drug-likeness (QED) is 0.810. The van der Waals surface area contributed by atoms with Crippen molar-refractivity contribution in [3.05, 3.63) is 29.8 Å². The first-order valence-electron chi connectivity index (χ1n) is 9.83. The van der Waals surface area contributed by atoms with Crippen LogP contribution in [0, 0.1) is 0 Å². The lowest BCUT2D eigenvalue weighted by atomic mass is 9.86. The molecule has 1 atom stereocenters. The highest BCUT2D eigenvalue weighted by atomic mass is 16.5. The van der Waals surface area contributed by atoms with Gasteiger partial charge in [-0.15, -0.1) is 0 Å². The predicted molar refractivity (Wildman–Crippen MR) is 103 cm³/mol. The van der Waals surface area contributed by atoms with Crippen molar-refractivity contribution in [2.45, 2.75) is 44.6 Å². The smallest absolute Gasteiger partial charge is 0.230 e. The number of piperidine rings is 1. The van der Waals surface area contributed by atoms with Gasteiger partial charge in [0.05, 0.1) is 26.2 Å². The Morgan fingerprint density at radius 3 is 2.31 bits per heavy atom. The minimum Gasteiger partial charge on any atom is -0.497 e. The van der Waals surface area contributed by atoms with Crippen LogP contribution in [-0.4, -0.2) is 67.7 Å². The molecule has 3 rings (SSSR count). The average Bonchev–Trinajstić information content (AvgIpc) is 2.70. The minimum atomic E-state index is -0.0614. The highest BCUT2D eigenvalue weighted by Crippen LogP contribution is 2.32. The Morgan fingerprint density at radius 1 is 1.15 bits per heavy atom. The van der Waals surface area contributed by atoms with E-state index >= 15 is 0 Å². The van der Waals surface area contributed by atoms with Gasteiger partial charge in [0.1, 0.15) is 5.75 Å². The van der Waals surface area contributed by atoms with Gasteiger partial charge in [-0.25, -0.2) is 0 Å². The lowest BCUT2D eigenvalue weighted by Gasteiger charge is -2.48. The van der Waals surface area contributed by atoms with Crippen molar-refractivity contribution in [3.8, 4) is 5.75 Å². The molecule has 26 heavy (non-hydrogen) atoms. The Bertz CT molecular complexity index is 588. The molecule has 5 heteroatoms. The zero-order valence-corrected chi connectivity index (χ0v) is 16.4. The lowest BCUT2D eigenvalue weighted by Crippen LogP contribution is -2.57. The summed E-state index contributed by atoms with van der Waals surface area (Å²) < 4.78 is 10.7. The molecule has 0 aliphatic carbocycles. The third-order valence-corrected chi connectivity index (χ3v) is 6.15. The summed E-state index contributed by atoms with van der Waals surface area (Å²) in [6.45, 7) is 9.80. The second-order valence-corrected chi connectivity index (χ2v) is 7.66. The fourth-order valence-electron chi connectivity index (χ4n) is 4.24. The average molecular weight is 360 g/mol. The maximum absolute atomic E-state index is 13.1. The molecule has 2 aliphatic heterocycles. The van der Waals surface area contributed by atoms with E-state index in [9.17, 15) is 4.79 Å². The SMILES string of the molecule is CCC(C(=O)N1CCC(C)(N2CCOCC2)CC1)c1ccc(OC)cc1. The normalized spacial score (nSPS) is 22.0. The van der Waals surface area contributed by atoms with Gasteiger partial charge >= 0.3 is 0 Å². The van der Waals surface area contributed by atoms with Crippen LogP contribution in [0.3, 0.4) is 0 Å². The Morgan fingerprint density at radius 2 is 1.77 bits per heavy atom. The number of carbonyl (C=O) groups is 1. The highest BCUT2D eigenvalue weighted by molar-refractivity contribution is 5.83. The van der Waals surface area contributed by atoms with Gasteiger partial charge in [0.15, 0.2) is 0 Å². The van der Waals surface area contributed by atoms with E-state index in [2.05, 4.69) is 23.6 Å². The Labute approximate surface area is 157 Å². The van der Waals surface area contributed by atoms with Crippen molar-refractivity contribution < 1.29 is 14.3 Å². The van der Waals surface area contributed by atoms with Crippen molar-refractivity contribution in [1.82, 2.24) is 9.80 Å². The van der Waals surface area contributed by atoms with Gasteiger partial charge in [-0.3, -0.25) is 9.69 Å². The number of likely N-dealkylation sites (tertiary alicyclic amines) is 1. The minimum absolute atomic E-state index is 0.0614. The van der Waals surface area contributed by atoms with Crippen molar-refractivity contribution in [2.75, 3.05) is 46.5 Å². The summed E-state index contributed by atoms with van der Waals surface area (Å²) in [5.74, 6) is 1.03. The molecule has 5 nitrogen and oxygen atoms in total. The number of morpholine rings is 1. The molecule has 1 aromatic carbocycles. The number of hydrogen-bond donors (Lipinski definition) is 0. The molecule has 2 aliphatic rings. The van der Waals surface area contributed by atoms with Crippen molar-refractivity contribution in [2.24, 2.45) is 0 Å². The monoisotopic (exact) mass is 360 g/mol. The molecule has 1 amide bonds. The van der Waals surface area contributed by atoms with E-state index in [0.717, 1.165) is 70.0 Å². The molecule has 1 aromatic rings. The first-order chi connectivity index (χ1) is 12.6. The van der Waals surface area contributed by atoms with Crippen LogP contribution in [0.4, 0.5) is 0 Å². The highest BCUT2D eigenvalue weighted by Gasteiger charge is 2.38. The van der Waals surface area contributed by atoms with Crippen LogP contribution < -0.4 is 4.74 Å². The van der Waals surface area contributed by atoms with Gasteiger partial charge < -0.3 is 14.4 Å². The van der Waals surface area contributed by atoms with Crippen LogP contribution >= 0.6 is 0 Å². The molecular formula is C21H32N2O3. The second kappa shape index (κ2) is 8.40. The topological polar surface area (TPSA) is 42.0 Å². The molecule has 2 fully saturated rings. The molecule has 2 saturated heterocycles. The van der Waals surface area contributed by atoms with Crippen molar-refractivity contribution in [1.29, 1.82) is 0 Å². The third-order valence-electron chi connectivity index (χ3n) is 6.15. The van der Waals surface area contributed by atoms with Crippen molar-refractivity contribution >= 4 is 5.91 Å². The summed E-state index contributed by atoms with van der Waals surface area (Å²) in [7, 11) is 1.66. The van der Waals surface area contributed by atoms with Gasteiger partial charge in [0.25, 0.3) is 0 Å². The maximum atomic E-state index is 13.1. The molecule has 144 valence electrons. The van der Waals surface area contributed by atoms with E-state index in [1.165, 1.54) is 0 Å². The number of hydrogen-bond acceptors (Lipinski definition) is 4. The Kier molecular flexibility index (Phi) is 6.20.